The highest BCUT2D eigenvalue weighted by Gasteiger charge is 2.38. The van der Waals surface area contributed by atoms with E-state index in [9.17, 15) is 35.9 Å². The van der Waals surface area contributed by atoms with Gasteiger partial charge < -0.3 is 15.0 Å². The molecule has 1 saturated carbocycles. The number of halogens is 6. The first kappa shape index (κ1) is 33.9. The maximum Gasteiger partial charge on any atom is 0.416 e. The summed E-state index contributed by atoms with van der Waals surface area (Å²) in [5, 5.41) is 6.94. The van der Waals surface area contributed by atoms with Crippen LogP contribution in [-0.2, 0) is 17.1 Å². The van der Waals surface area contributed by atoms with Crippen LogP contribution in [0.15, 0.2) is 36.5 Å². The van der Waals surface area contributed by atoms with Crippen LogP contribution >= 0.6 is 0 Å². The van der Waals surface area contributed by atoms with Crippen molar-refractivity contribution in [1.82, 2.24) is 30.0 Å². The fraction of sp³-hybridized carbons (Fsp3) is 0.500. The van der Waals surface area contributed by atoms with E-state index in [2.05, 4.69) is 20.4 Å². The van der Waals surface area contributed by atoms with Crippen molar-refractivity contribution in [1.29, 1.82) is 0 Å². The van der Waals surface area contributed by atoms with Crippen molar-refractivity contribution < 1.29 is 40.7 Å². The lowest BCUT2D eigenvalue weighted by molar-refractivity contribution is -0.143. The molecule has 15 heteroatoms. The van der Waals surface area contributed by atoms with E-state index < -0.39 is 41.0 Å². The van der Waals surface area contributed by atoms with Gasteiger partial charge in [0.25, 0.3) is 11.8 Å². The van der Waals surface area contributed by atoms with E-state index in [4.69, 9.17) is 4.74 Å². The third kappa shape index (κ3) is 7.99. The summed E-state index contributed by atoms with van der Waals surface area (Å²) in [5.41, 5.74) is -3.67. The summed E-state index contributed by atoms with van der Waals surface area (Å²) in [6.07, 6.45) is -7.37. The van der Waals surface area contributed by atoms with Gasteiger partial charge in [-0.1, -0.05) is 13.8 Å². The fourth-order valence-electron chi connectivity index (χ4n) is 4.90. The summed E-state index contributed by atoms with van der Waals surface area (Å²) in [6.45, 7) is 10.1. The smallest absolute Gasteiger partial charge is 0.372 e. The van der Waals surface area contributed by atoms with E-state index in [1.807, 2.05) is 27.7 Å². The van der Waals surface area contributed by atoms with Crippen LogP contribution < -0.4 is 5.32 Å². The number of ether oxygens (including phenoxy) is 1. The average molecular weight is 641 g/mol. The topological polar surface area (TPSA) is 102 Å². The number of amides is 2. The van der Waals surface area contributed by atoms with Crippen molar-refractivity contribution in [2.45, 2.75) is 84.0 Å². The molecule has 2 aliphatic rings. The number of carbonyl (C=O) groups excluding carboxylic acids is 2. The second kappa shape index (κ2) is 13.2. The average Bonchev–Trinajstić information content (AvgIpc) is 3.74. The van der Waals surface area contributed by atoms with Gasteiger partial charge in [0.15, 0.2) is 17.5 Å². The van der Waals surface area contributed by atoms with E-state index in [-0.39, 0.29) is 41.7 Å². The minimum Gasteiger partial charge on any atom is -0.372 e. The van der Waals surface area contributed by atoms with Crippen molar-refractivity contribution in [3.63, 3.8) is 0 Å². The molecule has 3 atom stereocenters. The van der Waals surface area contributed by atoms with E-state index >= 15 is 0 Å². The SMILES string of the molecule is CC.CC1CN(C(=O)c2ccc(-n3nc(C4CC4)nc3C(C)NC(=O)c3cc(C(F)(F)F)cc(C(F)(F)F)c3)nc2)CC(C)O1. The Morgan fingerprint density at radius 1 is 0.933 bits per heavy atom. The van der Waals surface area contributed by atoms with E-state index in [1.54, 1.807) is 17.0 Å². The molecule has 9 nitrogen and oxygen atoms in total. The first-order valence-corrected chi connectivity index (χ1v) is 14.6. The molecule has 3 heterocycles. The van der Waals surface area contributed by atoms with E-state index in [0.717, 1.165) is 12.8 Å². The molecule has 2 aromatic heterocycles. The molecule has 0 radical (unpaired) electrons. The molecule has 5 rings (SSSR count). The molecule has 244 valence electrons. The fourth-order valence-corrected chi connectivity index (χ4v) is 4.90. The Morgan fingerprint density at radius 3 is 2.00 bits per heavy atom. The predicted octanol–water partition coefficient (Wildman–Crippen LogP) is 6.34. The third-order valence-corrected chi connectivity index (χ3v) is 7.09. The summed E-state index contributed by atoms with van der Waals surface area (Å²) in [6, 6.07) is 2.82. The Kier molecular flexibility index (Phi) is 9.90. The van der Waals surface area contributed by atoms with Crippen LogP contribution in [0.1, 0.15) is 103 Å². The third-order valence-electron chi connectivity index (χ3n) is 7.09. The molecule has 45 heavy (non-hydrogen) atoms. The summed E-state index contributed by atoms with van der Waals surface area (Å²) in [7, 11) is 0. The number of rotatable bonds is 6. The number of aromatic nitrogens is 4. The molecule has 1 aliphatic carbocycles. The molecule has 2 amide bonds. The zero-order valence-electron chi connectivity index (χ0n) is 25.3. The molecule has 0 spiro atoms. The van der Waals surface area contributed by atoms with Crippen LogP contribution in [-0.4, -0.2) is 61.8 Å². The Morgan fingerprint density at radius 2 is 1.51 bits per heavy atom. The Labute approximate surface area is 256 Å². The minimum absolute atomic E-state index is 0.0426. The first-order valence-electron chi connectivity index (χ1n) is 14.6. The molecule has 1 N–H and O–H groups in total. The number of hydrogen-bond acceptors (Lipinski definition) is 6. The monoisotopic (exact) mass is 640 g/mol. The van der Waals surface area contributed by atoms with E-state index in [1.165, 1.54) is 17.8 Å². The largest absolute Gasteiger partial charge is 0.416 e. The number of benzene rings is 1. The molecular formula is C30H34F6N6O3. The Hall–Kier alpha value is -4.01. The second-order valence-corrected chi connectivity index (χ2v) is 10.9. The zero-order chi connectivity index (χ0) is 33.3. The highest BCUT2D eigenvalue weighted by Crippen LogP contribution is 2.39. The van der Waals surface area contributed by atoms with Crippen molar-refractivity contribution >= 4 is 11.8 Å². The lowest BCUT2D eigenvalue weighted by atomic mass is 10.0. The lowest BCUT2D eigenvalue weighted by Gasteiger charge is -2.35. The van der Waals surface area contributed by atoms with Gasteiger partial charge in [-0.05, 0) is 63.9 Å². The van der Waals surface area contributed by atoms with Gasteiger partial charge in [-0.3, -0.25) is 9.59 Å². The van der Waals surface area contributed by atoms with Crippen molar-refractivity contribution in [3.8, 4) is 5.82 Å². The molecule has 1 aliphatic heterocycles. The van der Waals surface area contributed by atoms with Gasteiger partial charge in [-0.2, -0.15) is 31.0 Å². The molecule has 1 aromatic carbocycles. The highest BCUT2D eigenvalue weighted by molar-refractivity contribution is 5.95. The molecule has 0 bridgehead atoms. The second-order valence-electron chi connectivity index (χ2n) is 10.9. The van der Waals surface area contributed by atoms with Crippen LogP contribution in [0.3, 0.4) is 0 Å². The van der Waals surface area contributed by atoms with Gasteiger partial charge in [0, 0.05) is 30.8 Å². The standard InChI is InChI=1S/C28H28F6N6O3.C2H6/c1-14-12-39(13-15(2)43-14)26(42)18-6-7-22(35-11-18)40-24(37-23(38-40)17-4-5-17)16(3)36-25(41)19-8-20(27(29,30)31)10-21(9-19)28(32,33)34;1-2/h6-11,14-17H,4-5,12-13H2,1-3H3,(H,36,41);1-2H3. The van der Waals surface area contributed by atoms with Crippen molar-refractivity contribution in [3.05, 3.63) is 70.4 Å². The summed E-state index contributed by atoms with van der Waals surface area (Å²) in [5.74, 6) is -0.414. The predicted molar refractivity (Wildman–Crippen MR) is 151 cm³/mol. The van der Waals surface area contributed by atoms with Crippen LogP contribution in [0, 0.1) is 0 Å². The molecule has 3 aromatic rings. The summed E-state index contributed by atoms with van der Waals surface area (Å²) in [4.78, 5) is 36.5. The quantitative estimate of drug-likeness (QED) is 0.316. The van der Waals surface area contributed by atoms with Gasteiger partial charge in [-0.15, -0.1) is 5.10 Å². The van der Waals surface area contributed by atoms with Crippen molar-refractivity contribution in [2.75, 3.05) is 13.1 Å². The lowest BCUT2D eigenvalue weighted by Crippen LogP contribution is -2.48. The highest BCUT2D eigenvalue weighted by atomic mass is 19.4. The number of morpholine rings is 1. The van der Waals surface area contributed by atoms with Crippen LogP contribution in [0.25, 0.3) is 5.82 Å². The Balaban J connectivity index is 0.00000226. The molecule has 1 saturated heterocycles. The first-order chi connectivity index (χ1) is 21.1. The number of nitrogens with one attached hydrogen (secondary N) is 1. The zero-order valence-corrected chi connectivity index (χ0v) is 25.3. The van der Waals surface area contributed by atoms with Gasteiger partial charge in [0.05, 0.1) is 34.9 Å². The van der Waals surface area contributed by atoms with Gasteiger partial charge >= 0.3 is 12.4 Å². The molecule has 3 unspecified atom stereocenters. The maximum absolute atomic E-state index is 13.3. The minimum atomic E-state index is -5.10. The van der Waals surface area contributed by atoms with Crippen LogP contribution in [0.2, 0.25) is 0 Å². The van der Waals surface area contributed by atoms with Gasteiger partial charge in [-0.25, -0.2) is 9.97 Å². The normalized spacial score (nSPS) is 19.4. The number of carbonyl (C=O) groups is 2. The number of hydrogen-bond donors (Lipinski definition) is 1. The summed E-state index contributed by atoms with van der Waals surface area (Å²) >= 11 is 0. The molecular weight excluding hydrogens is 606 g/mol. The van der Waals surface area contributed by atoms with Gasteiger partial charge in [0.1, 0.15) is 0 Å². The number of pyridine rings is 1. The van der Waals surface area contributed by atoms with E-state index in [0.29, 0.717) is 36.6 Å². The number of nitrogens with zero attached hydrogens (tertiary/aromatic N) is 5. The van der Waals surface area contributed by atoms with Crippen LogP contribution in [0.5, 0.6) is 0 Å². The number of alkyl halides is 6. The van der Waals surface area contributed by atoms with Crippen molar-refractivity contribution in [2.24, 2.45) is 0 Å². The maximum atomic E-state index is 13.3. The Bertz CT molecular complexity index is 1480. The summed E-state index contributed by atoms with van der Waals surface area (Å²) < 4.78 is 86.9. The molecule has 2 fully saturated rings. The van der Waals surface area contributed by atoms with Gasteiger partial charge in [0.2, 0.25) is 0 Å². The van der Waals surface area contributed by atoms with Crippen LogP contribution in [0.4, 0.5) is 26.3 Å².